The lowest BCUT2D eigenvalue weighted by Crippen LogP contribution is -2.36. The maximum Gasteiger partial charge on any atom is 0.235 e. The highest BCUT2D eigenvalue weighted by Crippen LogP contribution is 2.28. The number of methoxy groups -OCH3 is 1. The normalized spacial score (nSPS) is 12.7. The Balaban J connectivity index is 2.31. The van der Waals surface area contributed by atoms with Crippen LogP contribution in [0.25, 0.3) is 0 Å². The van der Waals surface area contributed by atoms with Crippen molar-refractivity contribution in [2.45, 2.75) is 19.8 Å². The van der Waals surface area contributed by atoms with Crippen LogP contribution in [0, 0.1) is 23.0 Å². The standard InChI is InChI=1S/C20H22N2O5/c1-13-4-6-15(7-5-13)18(12-22(25)26)19(14(2)23)20(24)21-16-8-10-17(27-3)11-9-16/h4-11,18-19H,12H2,1-3H3,(H,21,24). The molecule has 0 aliphatic rings. The van der Waals surface area contributed by atoms with Crippen LogP contribution in [0.5, 0.6) is 5.75 Å². The summed E-state index contributed by atoms with van der Waals surface area (Å²) < 4.78 is 5.07. The van der Waals surface area contributed by atoms with E-state index in [1.807, 2.05) is 6.92 Å². The molecule has 0 aliphatic heterocycles. The van der Waals surface area contributed by atoms with Crippen molar-refractivity contribution in [3.05, 3.63) is 69.8 Å². The van der Waals surface area contributed by atoms with Crippen molar-refractivity contribution in [2.24, 2.45) is 5.92 Å². The number of hydrogen-bond acceptors (Lipinski definition) is 5. The van der Waals surface area contributed by atoms with Gasteiger partial charge in [-0.05, 0) is 43.7 Å². The molecular weight excluding hydrogens is 348 g/mol. The number of benzene rings is 2. The van der Waals surface area contributed by atoms with Crippen LogP contribution in [-0.2, 0) is 9.59 Å². The second-order valence-electron chi connectivity index (χ2n) is 6.34. The number of carbonyl (C=O) groups is 2. The molecule has 7 heteroatoms. The predicted octanol–water partition coefficient (Wildman–Crippen LogP) is 3.21. The Morgan fingerprint density at radius 2 is 1.70 bits per heavy atom. The number of Topliss-reactive ketones (excluding diaryl/α,β-unsaturated/α-hetero) is 1. The summed E-state index contributed by atoms with van der Waals surface area (Å²) in [4.78, 5) is 35.7. The summed E-state index contributed by atoms with van der Waals surface area (Å²) in [6, 6.07) is 13.7. The van der Waals surface area contributed by atoms with Crippen molar-refractivity contribution in [1.82, 2.24) is 0 Å². The maximum absolute atomic E-state index is 12.8. The molecule has 0 radical (unpaired) electrons. The van der Waals surface area contributed by atoms with E-state index in [0.29, 0.717) is 17.0 Å². The summed E-state index contributed by atoms with van der Waals surface area (Å²) in [5.74, 6) is -2.38. The Hall–Kier alpha value is -3.22. The Morgan fingerprint density at radius 1 is 1.11 bits per heavy atom. The average Bonchev–Trinajstić information content (AvgIpc) is 2.62. The van der Waals surface area contributed by atoms with Gasteiger partial charge in [-0.15, -0.1) is 0 Å². The van der Waals surface area contributed by atoms with Gasteiger partial charge in [0, 0.05) is 10.6 Å². The van der Waals surface area contributed by atoms with Gasteiger partial charge in [0.25, 0.3) is 0 Å². The summed E-state index contributed by atoms with van der Waals surface area (Å²) in [5, 5.41) is 13.8. The second-order valence-corrected chi connectivity index (χ2v) is 6.34. The first-order chi connectivity index (χ1) is 12.8. The molecule has 0 aromatic heterocycles. The Morgan fingerprint density at radius 3 is 2.19 bits per heavy atom. The van der Waals surface area contributed by atoms with Crippen molar-refractivity contribution < 1.29 is 19.2 Å². The van der Waals surface area contributed by atoms with E-state index in [-0.39, 0.29) is 0 Å². The molecule has 0 aliphatic carbocycles. The lowest BCUT2D eigenvalue weighted by molar-refractivity contribution is -0.484. The van der Waals surface area contributed by atoms with Crippen molar-refractivity contribution in [3.63, 3.8) is 0 Å². The van der Waals surface area contributed by atoms with Crippen LogP contribution in [0.1, 0.15) is 24.0 Å². The minimum Gasteiger partial charge on any atom is -0.497 e. The molecule has 1 amide bonds. The quantitative estimate of drug-likeness (QED) is 0.437. The number of nitrogens with zero attached hydrogens (tertiary/aromatic N) is 1. The zero-order valence-electron chi connectivity index (χ0n) is 15.5. The number of aryl methyl sites for hydroxylation is 1. The van der Waals surface area contributed by atoms with Gasteiger partial charge in [0.05, 0.1) is 13.0 Å². The van der Waals surface area contributed by atoms with E-state index in [2.05, 4.69) is 5.32 Å². The lowest BCUT2D eigenvalue weighted by atomic mass is 9.82. The topological polar surface area (TPSA) is 98.5 Å². The molecule has 2 rings (SSSR count). The third kappa shape index (κ3) is 5.37. The molecule has 142 valence electrons. The van der Waals surface area contributed by atoms with Crippen LogP contribution < -0.4 is 10.1 Å². The molecule has 2 aromatic rings. The van der Waals surface area contributed by atoms with Crippen LogP contribution in [0.3, 0.4) is 0 Å². The summed E-state index contributed by atoms with van der Waals surface area (Å²) in [6.07, 6.45) is 0. The number of ether oxygens (including phenoxy) is 1. The van der Waals surface area contributed by atoms with Gasteiger partial charge >= 0.3 is 0 Å². The van der Waals surface area contributed by atoms with Gasteiger partial charge in [0.15, 0.2) is 0 Å². The molecule has 27 heavy (non-hydrogen) atoms. The predicted molar refractivity (Wildman–Crippen MR) is 102 cm³/mol. The van der Waals surface area contributed by atoms with Gasteiger partial charge in [0.1, 0.15) is 17.5 Å². The summed E-state index contributed by atoms with van der Waals surface area (Å²) >= 11 is 0. The fourth-order valence-corrected chi connectivity index (χ4v) is 2.92. The molecule has 0 bridgehead atoms. The largest absolute Gasteiger partial charge is 0.497 e. The van der Waals surface area contributed by atoms with Crippen molar-refractivity contribution in [3.8, 4) is 5.75 Å². The third-order valence-corrected chi connectivity index (χ3v) is 4.33. The lowest BCUT2D eigenvalue weighted by Gasteiger charge is -2.22. The highest BCUT2D eigenvalue weighted by Gasteiger charge is 2.36. The first-order valence-corrected chi connectivity index (χ1v) is 8.45. The monoisotopic (exact) mass is 370 g/mol. The van der Waals surface area contributed by atoms with E-state index in [0.717, 1.165) is 5.56 Å². The van der Waals surface area contributed by atoms with Crippen LogP contribution >= 0.6 is 0 Å². The number of nitrogens with one attached hydrogen (secondary N) is 1. The van der Waals surface area contributed by atoms with E-state index < -0.39 is 35.0 Å². The molecule has 0 saturated carbocycles. The molecule has 0 saturated heterocycles. The molecule has 1 N–H and O–H groups in total. The van der Waals surface area contributed by atoms with E-state index in [9.17, 15) is 19.7 Å². The number of carbonyl (C=O) groups excluding carboxylic acids is 2. The zero-order valence-corrected chi connectivity index (χ0v) is 15.5. The van der Waals surface area contributed by atoms with E-state index in [1.165, 1.54) is 14.0 Å². The SMILES string of the molecule is COc1ccc(NC(=O)C(C(C)=O)C(C[N+](=O)[O-])c2ccc(C)cc2)cc1. The van der Waals surface area contributed by atoms with Crippen LogP contribution in [-0.4, -0.2) is 30.3 Å². The summed E-state index contributed by atoms with van der Waals surface area (Å²) in [5.41, 5.74) is 2.05. The van der Waals surface area contributed by atoms with Crippen molar-refractivity contribution in [2.75, 3.05) is 19.0 Å². The fraction of sp³-hybridized carbons (Fsp3) is 0.300. The number of nitro groups is 1. The highest BCUT2D eigenvalue weighted by atomic mass is 16.6. The van der Waals surface area contributed by atoms with Crippen LogP contribution in [0.2, 0.25) is 0 Å². The average molecular weight is 370 g/mol. The molecule has 2 aromatic carbocycles. The number of ketones is 1. The summed E-state index contributed by atoms with van der Waals surface area (Å²) in [6.45, 7) is 2.66. The van der Waals surface area contributed by atoms with Gasteiger partial charge in [-0.25, -0.2) is 0 Å². The second kappa shape index (κ2) is 8.93. The van der Waals surface area contributed by atoms with E-state index in [1.54, 1.807) is 48.5 Å². The number of amides is 1. The van der Waals surface area contributed by atoms with Crippen LogP contribution in [0.15, 0.2) is 48.5 Å². The Bertz CT molecular complexity index is 815. The van der Waals surface area contributed by atoms with E-state index in [4.69, 9.17) is 4.74 Å². The van der Waals surface area contributed by atoms with Crippen LogP contribution in [0.4, 0.5) is 5.69 Å². The van der Waals surface area contributed by atoms with Gasteiger partial charge < -0.3 is 10.1 Å². The van der Waals surface area contributed by atoms with Crippen molar-refractivity contribution >= 4 is 17.4 Å². The Kier molecular flexibility index (Phi) is 6.65. The van der Waals surface area contributed by atoms with Crippen molar-refractivity contribution in [1.29, 1.82) is 0 Å². The molecule has 2 unspecified atom stereocenters. The molecule has 2 atom stereocenters. The molecule has 0 heterocycles. The molecular formula is C20H22N2O5. The molecule has 0 fully saturated rings. The molecule has 7 nitrogen and oxygen atoms in total. The zero-order chi connectivity index (χ0) is 20.0. The maximum atomic E-state index is 12.8. The first kappa shape index (κ1) is 20.1. The van der Waals surface area contributed by atoms with E-state index >= 15 is 0 Å². The fourth-order valence-electron chi connectivity index (χ4n) is 2.92. The minimum absolute atomic E-state index is 0.423. The van der Waals surface area contributed by atoms with Gasteiger partial charge in [-0.1, -0.05) is 29.8 Å². The number of hydrogen-bond donors (Lipinski definition) is 1. The third-order valence-electron chi connectivity index (χ3n) is 4.33. The first-order valence-electron chi connectivity index (χ1n) is 8.45. The number of rotatable bonds is 8. The molecule has 0 spiro atoms. The summed E-state index contributed by atoms with van der Waals surface area (Å²) in [7, 11) is 1.53. The van der Waals surface area contributed by atoms with Gasteiger partial charge in [-0.2, -0.15) is 0 Å². The van der Waals surface area contributed by atoms with Gasteiger partial charge in [0.2, 0.25) is 12.5 Å². The highest BCUT2D eigenvalue weighted by molar-refractivity contribution is 6.07. The minimum atomic E-state index is -1.17. The number of anilines is 1. The smallest absolute Gasteiger partial charge is 0.235 e. The van der Waals surface area contributed by atoms with Gasteiger partial charge in [-0.3, -0.25) is 19.7 Å². The Labute approximate surface area is 157 Å².